The van der Waals surface area contributed by atoms with Gasteiger partial charge in [-0.15, -0.1) is 0 Å². The Morgan fingerprint density at radius 1 is 1.04 bits per heavy atom. The summed E-state index contributed by atoms with van der Waals surface area (Å²) in [4.78, 5) is 4.05. The first-order chi connectivity index (χ1) is 11.6. The summed E-state index contributed by atoms with van der Waals surface area (Å²) in [6.07, 6.45) is 3.33. The molecule has 0 fully saturated rings. The van der Waals surface area contributed by atoms with Crippen LogP contribution in [0, 0.1) is 0 Å². The maximum absolute atomic E-state index is 12.8. The van der Waals surface area contributed by atoms with Crippen molar-refractivity contribution in [3.05, 3.63) is 60.4 Å². The molecule has 0 N–H and O–H groups in total. The summed E-state index contributed by atoms with van der Waals surface area (Å²) >= 11 is 0. The van der Waals surface area contributed by atoms with Crippen LogP contribution in [0.3, 0.4) is 0 Å². The molecule has 0 unspecified atom stereocenters. The van der Waals surface area contributed by atoms with Crippen molar-refractivity contribution in [2.45, 2.75) is 6.54 Å². The summed E-state index contributed by atoms with van der Waals surface area (Å²) in [5.41, 5.74) is 1.45. The molecule has 6 nitrogen and oxygen atoms in total. The van der Waals surface area contributed by atoms with Crippen LogP contribution < -0.4 is 4.31 Å². The topological polar surface area (TPSA) is 68.7 Å². The summed E-state index contributed by atoms with van der Waals surface area (Å²) in [6.45, 7) is 1.18. The maximum Gasteiger partial charge on any atom is 0.237 e. The highest BCUT2D eigenvalue weighted by Gasteiger charge is 2.22. The zero-order chi connectivity index (χ0) is 17.3. The van der Waals surface area contributed by atoms with E-state index in [0.29, 0.717) is 18.9 Å². The van der Waals surface area contributed by atoms with Gasteiger partial charge < -0.3 is 9.47 Å². The summed E-state index contributed by atoms with van der Waals surface area (Å²) in [5.74, 6) is -0.0914. The molecule has 130 valence electrons. The number of hydrogen-bond donors (Lipinski definition) is 0. The quantitative estimate of drug-likeness (QED) is 0.614. The summed E-state index contributed by atoms with van der Waals surface area (Å²) in [7, 11) is -1.95. The molecule has 24 heavy (non-hydrogen) atoms. The van der Waals surface area contributed by atoms with E-state index in [2.05, 4.69) is 4.98 Å². The molecular weight excluding hydrogens is 328 g/mol. The van der Waals surface area contributed by atoms with Crippen molar-refractivity contribution in [2.24, 2.45) is 0 Å². The number of sulfonamides is 1. The normalized spacial score (nSPS) is 11.4. The van der Waals surface area contributed by atoms with Gasteiger partial charge in [0.2, 0.25) is 10.0 Å². The Labute approximate surface area is 143 Å². The molecular formula is C17H22N2O4S. The Bertz CT molecular complexity index is 693. The lowest BCUT2D eigenvalue weighted by atomic mass is 10.2. The highest BCUT2D eigenvalue weighted by Crippen LogP contribution is 2.20. The molecule has 0 aliphatic heterocycles. The van der Waals surface area contributed by atoms with Crippen molar-refractivity contribution in [1.82, 2.24) is 4.98 Å². The van der Waals surface area contributed by atoms with Crippen molar-refractivity contribution in [3.63, 3.8) is 0 Å². The second-order valence-electron chi connectivity index (χ2n) is 5.12. The summed E-state index contributed by atoms with van der Waals surface area (Å²) < 4.78 is 37.1. The minimum atomic E-state index is -3.52. The first-order valence-corrected chi connectivity index (χ1v) is 9.25. The van der Waals surface area contributed by atoms with Crippen molar-refractivity contribution in [1.29, 1.82) is 0 Å². The number of ether oxygens (including phenoxy) is 2. The van der Waals surface area contributed by atoms with Gasteiger partial charge in [0.15, 0.2) is 0 Å². The average molecular weight is 350 g/mol. The zero-order valence-corrected chi connectivity index (χ0v) is 14.5. The van der Waals surface area contributed by atoms with Crippen LogP contribution in [0.15, 0.2) is 54.9 Å². The van der Waals surface area contributed by atoms with Crippen LogP contribution in [0.4, 0.5) is 5.69 Å². The van der Waals surface area contributed by atoms with E-state index in [1.807, 2.05) is 24.3 Å². The van der Waals surface area contributed by atoms with Crippen LogP contribution in [-0.2, 0) is 26.0 Å². The van der Waals surface area contributed by atoms with Crippen LogP contribution >= 0.6 is 0 Å². The Morgan fingerprint density at radius 2 is 1.83 bits per heavy atom. The molecule has 7 heteroatoms. The monoisotopic (exact) mass is 350 g/mol. The van der Waals surface area contributed by atoms with E-state index in [-0.39, 0.29) is 18.9 Å². The van der Waals surface area contributed by atoms with Gasteiger partial charge in [0.1, 0.15) is 0 Å². The molecule has 0 aliphatic rings. The van der Waals surface area contributed by atoms with Gasteiger partial charge in [-0.1, -0.05) is 24.3 Å². The molecule has 0 saturated carbocycles. The number of nitrogens with zero attached hydrogens (tertiary/aromatic N) is 2. The molecule has 0 atom stereocenters. The Morgan fingerprint density at radius 3 is 2.50 bits per heavy atom. The molecule has 0 aliphatic carbocycles. The molecule has 1 heterocycles. The zero-order valence-electron chi connectivity index (χ0n) is 13.7. The van der Waals surface area contributed by atoms with Gasteiger partial charge in [0, 0.05) is 19.5 Å². The van der Waals surface area contributed by atoms with E-state index in [4.69, 9.17) is 9.47 Å². The van der Waals surface area contributed by atoms with Crippen LogP contribution in [0.1, 0.15) is 5.56 Å². The molecule has 0 amide bonds. The minimum Gasteiger partial charge on any atom is -0.382 e. The third kappa shape index (κ3) is 5.59. The van der Waals surface area contributed by atoms with E-state index < -0.39 is 10.0 Å². The third-order valence-electron chi connectivity index (χ3n) is 3.35. The summed E-state index contributed by atoms with van der Waals surface area (Å²) in [5, 5.41) is 0. The van der Waals surface area contributed by atoms with E-state index >= 15 is 0 Å². The van der Waals surface area contributed by atoms with Gasteiger partial charge in [-0.3, -0.25) is 9.29 Å². The van der Waals surface area contributed by atoms with Crippen molar-refractivity contribution >= 4 is 15.7 Å². The van der Waals surface area contributed by atoms with Gasteiger partial charge in [0.05, 0.1) is 37.8 Å². The number of methoxy groups -OCH3 is 1. The first-order valence-electron chi connectivity index (χ1n) is 7.64. The second-order valence-corrected chi connectivity index (χ2v) is 7.14. The van der Waals surface area contributed by atoms with Crippen LogP contribution in [-0.4, -0.2) is 46.1 Å². The van der Waals surface area contributed by atoms with Crippen LogP contribution in [0.2, 0.25) is 0 Å². The van der Waals surface area contributed by atoms with E-state index in [1.54, 1.807) is 37.7 Å². The average Bonchev–Trinajstić information content (AvgIpc) is 2.61. The van der Waals surface area contributed by atoms with Crippen molar-refractivity contribution < 1.29 is 17.9 Å². The molecule has 0 saturated heterocycles. The second kappa shape index (κ2) is 9.36. The predicted octanol–water partition coefficient (Wildman–Crippen LogP) is 2.08. The number of para-hydroxylation sites is 1. The van der Waals surface area contributed by atoms with E-state index in [0.717, 1.165) is 5.56 Å². The highest BCUT2D eigenvalue weighted by atomic mass is 32.2. The van der Waals surface area contributed by atoms with Crippen molar-refractivity contribution in [2.75, 3.05) is 37.0 Å². The molecule has 0 radical (unpaired) electrons. The SMILES string of the molecule is COCCOCCS(=O)(=O)N(Cc1cccnc1)c1ccccc1. The maximum atomic E-state index is 12.8. The largest absolute Gasteiger partial charge is 0.382 e. The summed E-state index contributed by atoms with van der Waals surface area (Å²) in [6, 6.07) is 12.7. The molecule has 0 spiro atoms. The lowest BCUT2D eigenvalue weighted by molar-refractivity contribution is 0.0785. The van der Waals surface area contributed by atoms with Gasteiger partial charge in [-0.05, 0) is 23.8 Å². The number of anilines is 1. The predicted molar refractivity (Wildman–Crippen MR) is 93.3 cm³/mol. The fraction of sp³-hybridized carbons (Fsp3) is 0.353. The number of hydrogen-bond acceptors (Lipinski definition) is 5. The highest BCUT2D eigenvalue weighted by molar-refractivity contribution is 7.92. The van der Waals surface area contributed by atoms with Gasteiger partial charge in [0.25, 0.3) is 0 Å². The fourth-order valence-corrected chi connectivity index (χ4v) is 3.46. The van der Waals surface area contributed by atoms with Gasteiger partial charge in [-0.2, -0.15) is 0 Å². The molecule has 0 bridgehead atoms. The Hall–Kier alpha value is -1.96. The molecule has 1 aromatic carbocycles. The standard InChI is InChI=1S/C17H22N2O4S/c1-22-10-11-23-12-13-24(20,21)19(17-7-3-2-4-8-17)15-16-6-5-9-18-14-16/h2-9,14H,10-13,15H2,1H3. The Balaban J connectivity index is 2.12. The molecule has 2 aromatic rings. The fourth-order valence-electron chi connectivity index (χ4n) is 2.12. The number of rotatable bonds is 10. The van der Waals surface area contributed by atoms with Crippen LogP contribution in [0.25, 0.3) is 0 Å². The van der Waals surface area contributed by atoms with Gasteiger partial charge >= 0.3 is 0 Å². The number of pyridine rings is 1. The number of benzene rings is 1. The molecule has 2 rings (SSSR count). The number of aromatic nitrogens is 1. The lowest BCUT2D eigenvalue weighted by Crippen LogP contribution is -2.34. The third-order valence-corrected chi connectivity index (χ3v) is 5.04. The van der Waals surface area contributed by atoms with E-state index in [1.165, 1.54) is 4.31 Å². The van der Waals surface area contributed by atoms with Crippen molar-refractivity contribution in [3.8, 4) is 0 Å². The van der Waals surface area contributed by atoms with E-state index in [9.17, 15) is 8.42 Å². The smallest absolute Gasteiger partial charge is 0.237 e. The lowest BCUT2D eigenvalue weighted by Gasteiger charge is -2.24. The van der Waals surface area contributed by atoms with Crippen LogP contribution in [0.5, 0.6) is 0 Å². The Kier molecular flexibility index (Phi) is 7.17. The first kappa shape index (κ1) is 18.4. The molecule has 1 aromatic heterocycles. The minimum absolute atomic E-state index is 0.0914. The van der Waals surface area contributed by atoms with Gasteiger partial charge in [-0.25, -0.2) is 8.42 Å².